The summed E-state index contributed by atoms with van der Waals surface area (Å²) in [6.07, 6.45) is 2.22. The zero-order valence-corrected chi connectivity index (χ0v) is 5.31. The van der Waals surface area contributed by atoms with Crippen molar-refractivity contribution in [1.82, 2.24) is 0 Å². The first kappa shape index (κ1) is 6.05. The standard InChI is InChI=1S/C6H13NO/c1-6(7)3-2-4-8-5-6/h2-5,7H2,1H3. The van der Waals surface area contributed by atoms with Gasteiger partial charge in [-0.25, -0.2) is 0 Å². The molecule has 1 aliphatic rings. The maximum Gasteiger partial charge on any atom is 0.0643 e. The van der Waals surface area contributed by atoms with Crippen molar-refractivity contribution in [3.63, 3.8) is 0 Å². The molecule has 0 saturated carbocycles. The molecule has 0 aromatic heterocycles. The second-order valence-electron chi connectivity index (χ2n) is 2.81. The van der Waals surface area contributed by atoms with Crippen LogP contribution in [0.2, 0.25) is 0 Å². The van der Waals surface area contributed by atoms with Crippen LogP contribution in [-0.4, -0.2) is 18.8 Å². The Balaban J connectivity index is 2.33. The second kappa shape index (κ2) is 2.03. The molecule has 2 N–H and O–H groups in total. The van der Waals surface area contributed by atoms with Gasteiger partial charge >= 0.3 is 0 Å². The van der Waals surface area contributed by atoms with Gasteiger partial charge in [-0.3, -0.25) is 0 Å². The fourth-order valence-corrected chi connectivity index (χ4v) is 0.956. The smallest absolute Gasteiger partial charge is 0.0643 e. The zero-order valence-electron chi connectivity index (χ0n) is 5.31. The van der Waals surface area contributed by atoms with Gasteiger partial charge in [-0.1, -0.05) is 0 Å². The van der Waals surface area contributed by atoms with E-state index in [0.717, 1.165) is 26.1 Å². The molecular weight excluding hydrogens is 102 g/mol. The van der Waals surface area contributed by atoms with Crippen molar-refractivity contribution in [2.24, 2.45) is 5.73 Å². The first-order chi connectivity index (χ1) is 3.71. The van der Waals surface area contributed by atoms with E-state index in [9.17, 15) is 0 Å². The summed E-state index contributed by atoms with van der Waals surface area (Å²) in [6.45, 7) is 3.66. The van der Waals surface area contributed by atoms with Crippen molar-refractivity contribution < 1.29 is 4.74 Å². The molecule has 48 valence electrons. The molecule has 1 rings (SSSR count). The molecule has 1 heterocycles. The molecule has 1 fully saturated rings. The molecule has 2 nitrogen and oxygen atoms in total. The minimum absolute atomic E-state index is 0.0434. The average Bonchev–Trinajstić information content (AvgIpc) is 1.65. The Labute approximate surface area is 50.0 Å². The summed E-state index contributed by atoms with van der Waals surface area (Å²) >= 11 is 0. The lowest BCUT2D eigenvalue weighted by Crippen LogP contribution is -2.44. The summed E-state index contributed by atoms with van der Waals surface area (Å²) in [6, 6.07) is 0. The van der Waals surface area contributed by atoms with Gasteiger partial charge in [0.2, 0.25) is 0 Å². The molecule has 1 saturated heterocycles. The molecule has 1 unspecified atom stereocenters. The lowest BCUT2D eigenvalue weighted by Gasteiger charge is -2.28. The number of ether oxygens (including phenoxy) is 1. The van der Waals surface area contributed by atoms with Gasteiger partial charge in [-0.15, -0.1) is 0 Å². The fraction of sp³-hybridized carbons (Fsp3) is 1.00. The average molecular weight is 115 g/mol. The van der Waals surface area contributed by atoms with Crippen molar-refractivity contribution in [1.29, 1.82) is 0 Å². The highest BCUT2D eigenvalue weighted by molar-refractivity contribution is 4.80. The number of hydrogen-bond acceptors (Lipinski definition) is 2. The minimum atomic E-state index is -0.0434. The van der Waals surface area contributed by atoms with Crippen molar-refractivity contribution in [2.45, 2.75) is 25.3 Å². The SMILES string of the molecule is CC1(N)CCCOC1. The van der Waals surface area contributed by atoms with Crippen LogP contribution in [0.15, 0.2) is 0 Å². The molecule has 1 aliphatic heterocycles. The minimum Gasteiger partial charge on any atom is -0.380 e. The Hall–Kier alpha value is -0.0800. The summed E-state index contributed by atoms with van der Waals surface area (Å²) in [5.41, 5.74) is 5.71. The van der Waals surface area contributed by atoms with E-state index >= 15 is 0 Å². The highest BCUT2D eigenvalue weighted by Crippen LogP contribution is 2.13. The molecule has 2 heteroatoms. The van der Waals surface area contributed by atoms with Gasteiger partial charge in [0.25, 0.3) is 0 Å². The normalized spacial score (nSPS) is 39.8. The van der Waals surface area contributed by atoms with Crippen LogP contribution in [0.3, 0.4) is 0 Å². The monoisotopic (exact) mass is 115 g/mol. The van der Waals surface area contributed by atoms with Crippen molar-refractivity contribution >= 4 is 0 Å². The van der Waals surface area contributed by atoms with Gasteiger partial charge in [0.15, 0.2) is 0 Å². The molecule has 0 bridgehead atoms. The topological polar surface area (TPSA) is 35.2 Å². The Kier molecular flexibility index (Phi) is 1.54. The molecule has 8 heavy (non-hydrogen) atoms. The predicted octanol–water partition coefficient (Wildman–Crippen LogP) is 0.514. The highest BCUT2D eigenvalue weighted by Gasteiger charge is 2.21. The third kappa shape index (κ3) is 1.46. The van der Waals surface area contributed by atoms with Crippen LogP contribution in [0.4, 0.5) is 0 Å². The van der Waals surface area contributed by atoms with Gasteiger partial charge in [0, 0.05) is 12.1 Å². The Bertz CT molecular complexity index is 72.6. The van der Waals surface area contributed by atoms with Crippen LogP contribution in [0.1, 0.15) is 19.8 Å². The summed E-state index contributed by atoms with van der Waals surface area (Å²) < 4.78 is 5.16. The van der Waals surface area contributed by atoms with E-state index in [0.29, 0.717) is 0 Å². The number of hydrogen-bond donors (Lipinski definition) is 1. The van der Waals surface area contributed by atoms with E-state index in [-0.39, 0.29) is 5.54 Å². The number of nitrogens with two attached hydrogens (primary N) is 1. The summed E-state index contributed by atoms with van der Waals surface area (Å²) in [5.74, 6) is 0. The summed E-state index contributed by atoms with van der Waals surface area (Å²) in [7, 11) is 0. The van der Waals surface area contributed by atoms with Crippen LogP contribution >= 0.6 is 0 Å². The maximum atomic E-state index is 5.75. The first-order valence-electron chi connectivity index (χ1n) is 3.07. The van der Waals surface area contributed by atoms with Crippen LogP contribution in [0.25, 0.3) is 0 Å². The number of rotatable bonds is 0. The van der Waals surface area contributed by atoms with Crippen LogP contribution in [0, 0.1) is 0 Å². The van der Waals surface area contributed by atoms with E-state index in [1.807, 2.05) is 6.92 Å². The molecule has 0 spiro atoms. The molecule has 0 amide bonds. The van der Waals surface area contributed by atoms with Gasteiger partial charge in [-0.2, -0.15) is 0 Å². The largest absolute Gasteiger partial charge is 0.380 e. The van der Waals surface area contributed by atoms with Crippen LogP contribution < -0.4 is 5.73 Å². The summed E-state index contributed by atoms with van der Waals surface area (Å²) in [5, 5.41) is 0. The quantitative estimate of drug-likeness (QED) is 0.499. The zero-order chi connectivity index (χ0) is 6.04. The van der Waals surface area contributed by atoms with E-state index in [1.165, 1.54) is 0 Å². The summed E-state index contributed by atoms with van der Waals surface area (Å²) in [4.78, 5) is 0. The molecule has 0 aromatic rings. The molecule has 0 aromatic carbocycles. The van der Waals surface area contributed by atoms with Gasteiger partial charge < -0.3 is 10.5 Å². The van der Waals surface area contributed by atoms with Crippen LogP contribution in [-0.2, 0) is 4.74 Å². The highest BCUT2D eigenvalue weighted by atomic mass is 16.5. The van der Waals surface area contributed by atoms with Gasteiger partial charge in [0.05, 0.1) is 6.61 Å². The maximum absolute atomic E-state index is 5.75. The molecule has 0 aliphatic carbocycles. The van der Waals surface area contributed by atoms with Crippen molar-refractivity contribution in [3.05, 3.63) is 0 Å². The first-order valence-corrected chi connectivity index (χ1v) is 3.07. The lowest BCUT2D eigenvalue weighted by atomic mass is 9.97. The van der Waals surface area contributed by atoms with E-state index in [1.54, 1.807) is 0 Å². The molecule has 0 radical (unpaired) electrons. The van der Waals surface area contributed by atoms with Crippen LogP contribution in [0.5, 0.6) is 0 Å². The molecule has 1 atom stereocenters. The fourth-order valence-electron chi connectivity index (χ4n) is 0.956. The van der Waals surface area contributed by atoms with E-state index in [2.05, 4.69) is 0 Å². The van der Waals surface area contributed by atoms with Crippen molar-refractivity contribution in [2.75, 3.05) is 13.2 Å². The van der Waals surface area contributed by atoms with Gasteiger partial charge in [-0.05, 0) is 19.8 Å². The Morgan fingerprint density at radius 3 is 2.62 bits per heavy atom. The van der Waals surface area contributed by atoms with Gasteiger partial charge in [0.1, 0.15) is 0 Å². The second-order valence-corrected chi connectivity index (χ2v) is 2.81. The third-order valence-electron chi connectivity index (χ3n) is 1.47. The molecular formula is C6H13NO. The lowest BCUT2D eigenvalue weighted by molar-refractivity contribution is 0.0458. The predicted molar refractivity (Wildman–Crippen MR) is 32.6 cm³/mol. The van der Waals surface area contributed by atoms with E-state index < -0.39 is 0 Å². The Morgan fingerprint density at radius 2 is 2.38 bits per heavy atom. The van der Waals surface area contributed by atoms with Crippen molar-refractivity contribution in [3.8, 4) is 0 Å². The Morgan fingerprint density at radius 1 is 1.62 bits per heavy atom. The van der Waals surface area contributed by atoms with E-state index in [4.69, 9.17) is 10.5 Å². The third-order valence-corrected chi connectivity index (χ3v) is 1.47.